The van der Waals surface area contributed by atoms with Crippen LogP contribution in [0.1, 0.15) is 24.5 Å². The number of nitrogens with zero attached hydrogens (tertiary/aromatic N) is 2. The van der Waals surface area contributed by atoms with E-state index in [9.17, 15) is 4.39 Å². The maximum absolute atomic E-state index is 13.4. The summed E-state index contributed by atoms with van der Waals surface area (Å²) in [5, 5.41) is 0. The molecule has 0 aliphatic heterocycles. The second-order valence-corrected chi connectivity index (χ2v) is 5.63. The first kappa shape index (κ1) is 17.0. The van der Waals surface area contributed by atoms with Gasteiger partial charge in [0.2, 0.25) is 0 Å². The number of nitrogens with two attached hydrogens (primary N) is 1. The molecule has 1 aromatic carbocycles. The number of halogens is 1. The highest BCUT2D eigenvalue weighted by molar-refractivity contribution is 7.80. The van der Waals surface area contributed by atoms with Crippen molar-refractivity contribution in [1.29, 1.82) is 0 Å². The zero-order valence-corrected chi connectivity index (χ0v) is 13.3. The molecule has 2 N–H and O–H groups in total. The van der Waals surface area contributed by atoms with E-state index in [1.54, 1.807) is 6.07 Å². The maximum Gasteiger partial charge on any atom is 0.123 e. The molecule has 1 aromatic rings. The molecule has 1 rings (SSSR count). The molecule has 5 heteroatoms. The maximum atomic E-state index is 13.4. The number of hydrogen-bond donors (Lipinski definition) is 1. The predicted octanol–water partition coefficient (Wildman–Crippen LogP) is 2.23. The lowest BCUT2D eigenvalue weighted by Gasteiger charge is -2.22. The normalized spacial score (nSPS) is 11.3. The highest BCUT2D eigenvalue weighted by Crippen LogP contribution is 2.14. The summed E-state index contributed by atoms with van der Waals surface area (Å²) < 4.78 is 13.4. The van der Waals surface area contributed by atoms with E-state index in [4.69, 9.17) is 18.0 Å². The second-order valence-electron chi connectivity index (χ2n) is 5.19. The van der Waals surface area contributed by atoms with Gasteiger partial charge in [-0.25, -0.2) is 4.39 Å². The van der Waals surface area contributed by atoms with Crippen LogP contribution in [-0.2, 0) is 6.54 Å². The van der Waals surface area contributed by atoms with Crippen molar-refractivity contribution >= 4 is 17.2 Å². The van der Waals surface area contributed by atoms with E-state index in [1.807, 2.05) is 0 Å². The van der Waals surface area contributed by atoms with Crippen LogP contribution in [-0.4, -0.2) is 48.5 Å². The van der Waals surface area contributed by atoms with Gasteiger partial charge in [-0.1, -0.05) is 19.1 Å². The van der Waals surface area contributed by atoms with E-state index in [0.717, 1.165) is 37.2 Å². The number of rotatable bonds is 8. The Morgan fingerprint density at radius 1 is 1.30 bits per heavy atom. The molecule has 3 nitrogen and oxygen atoms in total. The van der Waals surface area contributed by atoms with Gasteiger partial charge in [-0.3, -0.25) is 4.90 Å². The van der Waals surface area contributed by atoms with Crippen molar-refractivity contribution in [3.05, 3.63) is 35.1 Å². The van der Waals surface area contributed by atoms with Gasteiger partial charge in [0.15, 0.2) is 0 Å². The van der Waals surface area contributed by atoms with Crippen molar-refractivity contribution in [2.45, 2.75) is 19.9 Å². The SMILES string of the molecule is CCN(CCCN(C)C)Cc1cc(F)ccc1C(N)=S. The summed E-state index contributed by atoms with van der Waals surface area (Å²) in [6, 6.07) is 4.60. The van der Waals surface area contributed by atoms with Crippen LogP contribution >= 0.6 is 12.2 Å². The van der Waals surface area contributed by atoms with Crippen LogP contribution in [0.15, 0.2) is 18.2 Å². The average Bonchev–Trinajstić information content (AvgIpc) is 2.36. The molecular formula is C15H24FN3S. The second kappa shape index (κ2) is 8.29. The highest BCUT2D eigenvalue weighted by atomic mass is 32.1. The summed E-state index contributed by atoms with van der Waals surface area (Å²) in [6.07, 6.45) is 1.08. The van der Waals surface area contributed by atoms with Crippen LogP contribution in [0.3, 0.4) is 0 Å². The Morgan fingerprint density at radius 2 is 2.00 bits per heavy atom. The molecule has 112 valence electrons. The lowest BCUT2D eigenvalue weighted by atomic mass is 10.1. The average molecular weight is 297 g/mol. The lowest BCUT2D eigenvalue weighted by molar-refractivity contribution is 0.259. The fourth-order valence-corrected chi connectivity index (χ4v) is 2.33. The van der Waals surface area contributed by atoms with Gasteiger partial charge in [-0.15, -0.1) is 0 Å². The largest absolute Gasteiger partial charge is 0.389 e. The number of benzene rings is 1. The standard InChI is InChI=1S/C15H24FN3S/c1-4-19(9-5-8-18(2)3)11-12-10-13(16)6-7-14(12)15(17)20/h6-7,10H,4-5,8-9,11H2,1-3H3,(H2,17,20). The van der Waals surface area contributed by atoms with Gasteiger partial charge < -0.3 is 10.6 Å². The van der Waals surface area contributed by atoms with Crippen LogP contribution < -0.4 is 5.73 Å². The van der Waals surface area contributed by atoms with Crippen molar-refractivity contribution in [2.24, 2.45) is 5.73 Å². The third kappa shape index (κ3) is 5.53. The third-order valence-corrected chi connectivity index (χ3v) is 3.47. The van der Waals surface area contributed by atoms with E-state index in [0.29, 0.717) is 11.5 Å². The summed E-state index contributed by atoms with van der Waals surface area (Å²) in [5.41, 5.74) is 7.34. The van der Waals surface area contributed by atoms with E-state index in [-0.39, 0.29) is 5.82 Å². The molecule has 0 atom stereocenters. The van der Waals surface area contributed by atoms with E-state index >= 15 is 0 Å². The summed E-state index contributed by atoms with van der Waals surface area (Å²) in [6.45, 7) is 5.72. The summed E-state index contributed by atoms with van der Waals surface area (Å²) in [7, 11) is 4.13. The van der Waals surface area contributed by atoms with Crippen LogP contribution in [0, 0.1) is 5.82 Å². The van der Waals surface area contributed by atoms with E-state index in [1.165, 1.54) is 12.1 Å². The summed E-state index contributed by atoms with van der Waals surface area (Å²) >= 11 is 5.03. The van der Waals surface area contributed by atoms with Crippen LogP contribution in [0.2, 0.25) is 0 Å². The monoisotopic (exact) mass is 297 g/mol. The Hall–Kier alpha value is -1.04. The fourth-order valence-electron chi connectivity index (χ4n) is 2.13. The minimum Gasteiger partial charge on any atom is -0.389 e. The number of hydrogen-bond acceptors (Lipinski definition) is 3. The number of thiocarbonyl (C=S) groups is 1. The van der Waals surface area contributed by atoms with Crippen molar-refractivity contribution in [3.63, 3.8) is 0 Å². The molecule has 0 bridgehead atoms. The summed E-state index contributed by atoms with van der Waals surface area (Å²) in [4.78, 5) is 4.76. The quantitative estimate of drug-likeness (QED) is 0.746. The Kier molecular flexibility index (Phi) is 7.05. The molecule has 0 heterocycles. The van der Waals surface area contributed by atoms with Crippen molar-refractivity contribution in [1.82, 2.24) is 9.80 Å². The molecule has 0 aliphatic rings. The van der Waals surface area contributed by atoms with Crippen molar-refractivity contribution < 1.29 is 4.39 Å². The first-order chi connectivity index (χ1) is 9.43. The van der Waals surface area contributed by atoms with E-state index in [2.05, 4.69) is 30.8 Å². The smallest absolute Gasteiger partial charge is 0.123 e. The van der Waals surface area contributed by atoms with Gasteiger partial charge in [0.1, 0.15) is 10.8 Å². The molecule has 20 heavy (non-hydrogen) atoms. The third-order valence-electron chi connectivity index (χ3n) is 3.25. The molecule has 0 unspecified atom stereocenters. The van der Waals surface area contributed by atoms with E-state index < -0.39 is 0 Å². The Morgan fingerprint density at radius 3 is 2.55 bits per heavy atom. The van der Waals surface area contributed by atoms with Gasteiger partial charge in [0, 0.05) is 12.1 Å². The first-order valence-electron chi connectivity index (χ1n) is 6.89. The molecular weight excluding hydrogens is 273 g/mol. The van der Waals surface area contributed by atoms with Gasteiger partial charge >= 0.3 is 0 Å². The predicted molar refractivity (Wildman–Crippen MR) is 86.4 cm³/mol. The Labute approximate surface area is 126 Å². The molecule has 0 aromatic heterocycles. The summed E-state index contributed by atoms with van der Waals surface area (Å²) in [5.74, 6) is -0.246. The Balaban J connectivity index is 2.73. The Bertz CT molecular complexity index is 449. The lowest BCUT2D eigenvalue weighted by Crippen LogP contribution is -2.28. The zero-order valence-electron chi connectivity index (χ0n) is 12.5. The van der Waals surface area contributed by atoms with Crippen molar-refractivity contribution in [2.75, 3.05) is 33.7 Å². The molecule has 0 fully saturated rings. The molecule has 0 saturated heterocycles. The molecule has 0 amide bonds. The highest BCUT2D eigenvalue weighted by Gasteiger charge is 2.11. The van der Waals surface area contributed by atoms with Gasteiger partial charge in [-0.2, -0.15) is 0 Å². The zero-order chi connectivity index (χ0) is 15.1. The van der Waals surface area contributed by atoms with Crippen molar-refractivity contribution in [3.8, 4) is 0 Å². The van der Waals surface area contributed by atoms with Crippen LogP contribution in [0.25, 0.3) is 0 Å². The molecule has 0 spiro atoms. The van der Waals surface area contributed by atoms with Gasteiger partial charge in [0.05, 0.1) is 0 Å². The van der Waals surface area contributed by atoms with Crippen LogP contribution in [0.4, 0.5) is 4.39 Å². The van der Waals surface area contributed by atoms with Crippen LogP contribution in [0.5, 0.6) is 0 Å². The topological polar surface area (TPSA) is 32.5 Å². The molecule has 0 aliphatic carbocycles. The van der Waals surface area contributed by atoms with Gasteiger partial charge in [0.25, 0.3) is 0 Å². The van der Waals surface area contributed by atoms with Gasteiger partial charge in [-0.05, 0) is 63.9 Å². The first-order valence-corrected chi connectivity index (χ1v) is 7.30. The fraction of sp³-hybridized carbons (Fsp3) is 0.533. The minimum atomic E-state index is -0.246. The minimum absolute atomic E-state index is 0.246. The molecule has 0 saturated carbocycles. The molecule has 0 radical (unpaired) electrons.